The first kappa shape index (κ1) is 28.5. The lowest BCUT2D eigenvalue weighted by molar-refractivity contribution is -0.136. The Hall–Kier alpha value is -5.63. The zero-order valence-electron chi connectivity index (χ0n) is 24.5. The van der Waals surface area contributed by atoms with Gasteiger partial charge in [-0.2, -0.15) is 10.1 Å². The highest BCUT2D eigenvalue weighted by molar-refractivity contribution is 5.96. The molecule has 0 atom stereocenters. The highest BCUT2D eigenvalue weighted by atomic mass is 16.5. The van der Waals surface area contributed by atoms with E-state index in [1.807, 2.05) is 128 Å². The highest BCUT2D eigenvalue weighted by Gasteiger charge is 2.18. The lowest BCUT2D eigenvalue weighted by Crippen LogP contribution is -2.02. The molecule has 0 spiro atoms. The Balaban J connectivity index is 1.30. The molecule has 0 saturated carbocycles. The monoisotopic (exact) mass is 584 g/mol. The molecule has 8 heteroatoms. The van der Waals surface area contributed by atoms with Crippen LogP contribution in [0.1, 0.15) is 22.3 Å². The largest absolute Gasteiger partial charge is 0.481 e. The van der Waals surface area contributed by atoms with Crippen molar-refractivity contribution in [1.29, 1.82) is 0 Å². The van der Waals surface area contributed by atoms with E-state index in [0.717, 1.165) is 55.8 Å². The number of carboxylic acids is 1. The molecule has 0 amide bonds. The van der Waals surface area contributed by atoms with Crippen LogP contribution in [0.4, 0.5) is 11.4 Å². The maximum atomic E-state index is 11.1. The molecule has 6 aromatic rings. The Kier molecular flexibility index (Phi) is 8.23. The molecule has 2 heterocycles. The van der Waals surface area contributed by atoms with Crippen LogP contribution >= 0.6 is 0 Å². The van der Waals surface area contributed by atoms with Gasteiger partial charge in [0.05, 0.1) is 17.5 Å². The number of aromatic nitrogens is 3. The summed E-state index contributed by atoms with van der Waals surface area (Å²) in [5.74, 6) is 0.0663. The second kappa shape index (κ2) is 12.7. The average Bonchev–Trinajstić information content (AvgIpc) is 3.36. The average molecular weight is 585 g/mol. The van der Waals surface area contributed by atoms with E-state index in [-0.39, 0.29) is 6.42 Å². The third-order valence-corrected chi connectivity index (χ3v) is 7.31. The number of nitrogens with one attached hydrogen (secondary N) is 1. The molecule has 0 fully saturated rings. The molecule has 2 N–H and O–H groups in total. The molecule has 0 saturated heterocycles. The van der Waals surface area contributed by atoms with Crippen molar-refractivity contribution in [3.8, 4) is 23.0 Å². The fourth-order valence-electron chi connectivity index (χ4n) is 5.09. The van der Waals surface area contributed by atoms with Crippen LogP contribution < -0.4 is 14.8 Å². The number of nitrogens with zero attached hydrogens (tertiary/aromatic N) is 3. The van der Waals surface area contributed by atoms with E-state index in [1.54, 1.807) is 0 Å². The number of hydrogen-bond acceptors (Lipinski definition) is 6. The van der Waals surface area contributed by atoms with Crippen LogP contribution in [0.15, 0.2) is 109 Å². The molecular formula is C36H32N4O4. The summed E-state index contributed by atoms with van der Waals surface area (Å²) in [4.78, 5) is 15.9. The van der Waals surface area contributed by atoms with Crippen molar-refractivity contribution >= 4 is 28.2 Å². The van der Waals surface area contributed by atoms with Gasteiger partial charge in [0.1, 0.15) is 18.9 Å². The van der Waals surface area contributed by atoms with Crippen LogP contribution in [0.5, 0.6) is 11.8 Å². The van der Waals surface area contributed by atoms with Gasteiger partial charge in [0.25, 0.3) is 0 Å². The van der Waals surface area contributed by atoms with E-state index >= 15 is 0 Å². The lowest BCUT2D eigenvalue weighted by atomic mass is 10.1. The highest BCUT2D eigenvalue weighted by Crippen LogP contribution is 2.36. The van der Waals surface area contributed by atoms with E-state index in [4.69, 9.17) is 24.7 Å². The maximum Gasteiger partial charge on any atom is 0.307 e. The number of hydrogen-bond donors (Lipinski definition) is 2. The second-order valence-corrected chi connectivity index (χ2v) is 10.6. The van der Waals surface area contributed by atoms with Crippen molar-refractivity contribution in [2.75, 3.05) is 5.32 Å². The number of aryl methyl sites for hydroxylation is 2. The third kappa shape index (κ3) is 6.55. The summed E-state index contributed by atoms with van der Waals surface area (Å²) in [6.07, 6.45) is -0.00306. The summed E-state index contributed by atoms with van der Waals surface area (Å²) < 4.78 is 14.2. The van der Waals surface area contributed by atoms with Gasteiger partial charge in [-0.15, -0.1) is 0 Å². The van der Waals surface area contributed by atoms with Gasteiger partial charge < -0.3 is 19.9 Å². The molecule has 2 aromatic heterocycles. The molecule has 8 nitrogen and oxygen atoms in total. The van der Waals surface area contributed by atoms with Gasteiger partial charge in [-0.3, -0.25) is 9.48 Å². The first-order valence-corrected chi connectivity index (χ1v) is 14.3. The van der Waals surface area contributed by atoms with Gasteiger partial charge in [0, 0.05) is 29.9 Å². The Morgan fingerprint density at radius 3 is 2.20 bits per heavy atom. The van der Waals surface area contributed by atoms with E-state index in [9.17, 15) is 4.79 Å². The maximum absolute atomic E-state index is 11.1. The zero-order chi connectivity index (χ0) is 30.5. The van der Waals surface area contributed by atoms with Crippen molar-refractivity contribution in [3.05, 3.63) is 131 Å². The van der Waals surface area contributed by atoms with E-state index < -0.39 is 5.97 Å². The smallest absolute Gasteiger partial charge is 0.307 e. The summed E-state index contributed by atoms with van der Waals surface area (Å²) in [6, 6.07) is 35.5. The van der Waals surface area contributed by atoms with Crippen molar-refractivity contribution in [3.63, 3.8) is 0 Å². The molecule has 220 valence electrons. The molecule has 0 radical (unpaired) electrons. The van der Waals surface area contributed by atoms with Crippen LogP contribution in [0.2, 0.25) is 0 Å². The second-order valence-electron chi connectivity index (χ2n) is 10.6. The van der Waals surface area contributed by atoms with Crippen LogP contribution in [-0.4, -0.2) is 25.8 Å². The van der Waals surface area contributed by atoms with Crippen molar-refractivity contribution < 1.29 is 19.4 Å². The van der Waals surface area contributed by atoms with E-state index in [2.05, 4.69) is 5.32 Å². The topological polar surface area (TPSA) is 98.5 Å². The minimum absolute atomic E-state index is 0.00306. The number of rotatable bonds is 11. The van der Waals surface area contributed by atoms with Gasteiger partial charge in [0.15, 0.2) is 0 Å². The molecule has 44 heavy (non-hydrogen) atoms. The van der Waals surface area contributed by atoms with Crippen molar-refractivity contribution in [2.45, 2.75) is 26.6 Å². The van der Waals surface area contributed by atoms with E-state index in [1.165, 1.54) is 0 Å². The number of carbonyl (C=O) groups is 1. The first-order valence-electron chi connectivity index (χ1n) is 14.3. The molecule has 0 bridgehead atoms. The number of benzene rings is 4. The molecule has 4 aromatic carbocycles. The number of pyridine rings is 1. The van der Waals surface area contributed by atoms with E-state index in [0.29, 0.717) is 25.0 Å². The molecular weight excluding hydrogens is 552 g/mol. The minimum atomic E-state index is -0.847. The molecule has 0 aliphatic rings. The van der Waals surface area contributed by atoms with Crippen LogP contribution in [0, 0.1) is 6.92 Å². The SMILES string of the molecule is Cc1cc(CC(=O)O)ccc1Nc1ccc2c(-c3ccc(OCc4ccccc4)nc3OCc3ccccc3)nn(C)c2c1. The molecule has 6 rings (SSSR count). The Morgan fingerprint density at radius 1 is 0.818 bits per heavy atom. The van der Waals surface area contributed by atoms with Gasteiger partial charge in [-0.25, -0.2) is 0 Å². The van der Waals surface area contributed by atoms with Gasteiger partial charge in [-0.1, -0.05) is 72.8 Å². The number of anilines is 2. The molecule has 0 aliphatic carbocycles. The quantitative estimate of drug-likeness (QED) is 0.163. The van der Waals surface area contributed by atoms with Crippen molar-refractivity contribution in [1.82, 2.24) is 14.8 Å². The van der Waals surface area contributed by atoms with Crippen LogP contribution in [0.25, 0.3) is 22.2 Å². The zero-order valence-corrected chi connectivity index (χ0v) is 24.5. The molecule has 0 unspecified atom stereocenters. The summed E-state index contributed by atoms with van der Waals surface area (Å²) in [7, 11) is 1.91. The normalized spacial score (nSPS) is 11.0. The summed E-state index contributed by atoms with van der Waals surface area (Å²) in [6.45, 7) is 2.72. The molecule has 0 aliphatic heterocycles. The number of fused-ring (bicyclic) bond motifs is 1. The predicted molar refractivity (Wildman–Crippen MR) is 171 cm³/mol. The number of carboxylic acid groups (broad SMARTS) is 1. The first-order chi connectivity index (χ1) is 21.4. The summed E-state index contributed by atoms with van der Waals surface area (Å²) in [5, 5.41) is 18.4. The summed E-state index contributed by atoms with van der Waals surface area (Å²) in [5.41, 5.74) is 8.08. The Bertz CT molecular complexity index is 1920. The summed E-state index contributed by atoms with van der Waals surface area (Å²) >= 11 is 0. The Labute approximate surface area is 255 Å². The fourth-order valence-corrected chi connectivity index (χ4v) is 5.09. The predicted octanol–water partition coefficient (Wildman–Crippen LogP) is 7.47. The Morgan fingerprint density at radius 2 is 1.52 bits per heavy atom. The standard InChI is InChI=1S/C36H32N4O4/c1-24-19-27(20-34(41)42)13-17-31(24)37-28-14-15-29-32(21-28)40(2)39-35(29)30-16-18-33(43-22-25-9-5-3-6-10-25)38-36(30)44-23-26-11-7-4-8-12-26/h3-19,21,37H,20,22-23H2,1-2H3,(H,41,42). The van der Waals surface area contributed by atoms with Gasteiger partial charge >= 0.3 is 5.97 Å². The van der Waals surface area contributed by atoms with Gasteiger partial charge in [0.2, 0.25) is 11.8 Å². The van der Waals surface area contributed by atoms with Gasteiger partial charge in [-0.05, 0) is 59.5 Å². The van der Waals surface area contributed by atoms with Crippen molar-refractivity contribution in [2.24, 2.45) is 7.05 Å². The van der Waals surface area contributed by atoms with Crippen LogP contribution in [0.3, 0.4) is 0 Å². The lowest BCUT2D eigenvalue weighted by Gasteiger charge is -2.13. The minimum Gasteiger partial charge on any atom is -0.481 e. The fraction of sp³-hybridized carbons (Fsp3) is 0.139. The number of ether oxygens (including phenoxy) is 2. The number of aliphatic carboxylic acids is 1. The van der Waals surface area contributed by atoms with Crippen LogP contribution in [-0.2, 0) is 31.5 Å². The third-order valence-electron chi connectivity index (χ3n) is 7.31.